The zero-order valence-electron chi connectivity index (χ0n) is 4.35. The monoisotopic (exact) mass is 148 g/mol. The molecule has 1 rings (SSSR count). The van der Waals surface area contributed by atoms with Crippen molar-refractivity contribution in [3.05, 3.63) is 17.3 Å². The Balaban J connectivity index is 2.84. The third kappa shape index (κ3) is 1.23. The molecular weight excluding hydrogens is 143 g/mol. The van der Waals surface area contributed by atoms with E-state index in [1.54, 1.807) is 11.8 Å². The van der Waals surface area contributed by atoms with Gasteiger partial charge in [-0.3, -0.25) is 0 Å². The van der Waals surface area contributed by atoms with Gasteiger partial charge in [-0.15, -0.1) is 23.1 Å². The van der Waals surface area contributed by atoms with Crippen LogP contribution in [0, 0.1) is 5.82 Å². The Morgan fingerprint density at radius 2 is 2.50 bits per heavy atom. The van der Waals surface area contributed by atoms with E-state index in [9.17, 15) is 4.39 Å². The molecular formula is C5H5FS2. The topological polar surface area (TPSA) is 0 Å². The first kappa shape index (κ1) is 6.11. The van der Waals surface area contributed by atoms with Gasteiger partial charge in [0.15, 0.2) is 0 Å². The molecule has 0 atom stereocenters. The summed E-state index contributed by atoms with van der Waals surface area (Å²) in [6.07, 6.45) is 1.94. The second kappa shape index (κ2) is 2.51. The Morgan fingerprint density at radius 3 is 2.75 bits per heavy atom. The summed E-state index contributed by atoms with van der Waals surface area (Å²) in [5.41, 5.74) is 0. The smallest absolute Gasteiger partial charge is 0.135 e. The van der Waals surface area contributed by atoms with E-state index in [1.165, 1.54) is 22.8 Å². The molecule has 0 saturated heterocycles. The van der Waals surface area contributed by atoms with Gasteiger partial charge in [0.05, 0.1) is 4.21 Å². The number of rotatable bonds is 1. The van der Waals surface area contributed by atoms with Crippen molar-refractivity contribution in [2.75, 3.05) is 6.26 Å². The van der Waals surface area contributed by atoms with Gasteiger partial charge >= 0.3 is 0 Å². The molecule has 1 aromatic rings. The van der Waals surface area contributed by atoms with Gasteiger partial charge in [-0.05, 0) is 12.3 Å². The molecule has 3 heteroatoms. The Morgan fingerprint density at radius 1 is 1.75 bits per heavy atom. The first-order valence-corrected chi connectivity index (χ1v) is 4.21. The molecule has 0 N–H and O–H groups in total. The van der Waals surface area contributed by atoms with Gasteiger partial charge in [0.2, 0.25) is 0 Å². The third-order valence-electron chi connectivity index (χ3n) is 0.745. The fourth-order valence-corrected chi connectivity index (χ4v) is 1.64. The summed E-state index contributed by atoms with van der Waals surface area (Å²) in [5, 5.41) is 1.51. The summed E-state index contributed by atoms with van der Waals surface area (Å²) in [6.45, 7) is 0. The average molecular weight is 148 g/mol. The molecule has 0 aliphatic heterocycles. The van der Waals surface area contributed by atoms with Crippen LogP contribution in [0.25, 0.3) is 0 Å². The van der Waals surface area contributed by atoms with Gasteiger partial charge < -0.3 is 0 Å². The maximum atomic E-state index is 12.1. The highest BCUT2D eigenvalue weighted by Crippen LogP contribution is 2.22. The van der Waals surface area contributed by atoms with Crippen LogP contribution < -0.4 is 0 Å². The zero-order chi connectivity index (χ0) is 5.98. The summed E-state index contributed by atoms with van der Waals surface area (Å²) >= 11 is 3.01. The summed E-state index contributed by atoms with van der Waals surface area (Å²) in [6, 6.07) is 1.54. The standard InChI is InChI=1S/C5H5FS2/c1-7-5-2-4(6)3-8-5/h2-3H,1H3. The van der Waals surface area contributed by atoms with Crippen molar-refractivity contribution in [3.8, 4) is 0 Å². The Bertz CT molecular complexity index is 171. The third-order valence-corrected chi connectivity index (χ3v) is 2.75. The molecule has 0 unspecified atom stereocenters. The van der Waals surface area contributed by atoms with Crippen LogP contribution >= 0.6 is 23.1 Å². The van der Waals surface area contributed by atoms with Crippen LogP contribution in [0.5, 0.6) is 0 Å². The normalized spacial score (nSPS) is 9.75. The highest BCUT2D eigenvalue weighted by Gasteiger charge is 1.93. The largest absolute Gasteiger partial charge is 0.206 e. The number of thioether (sulfide) groups is 1. The maximum absolute atomic E-state index is 12.1. The molecule has 0 fully saturated rings. The van der Waals surface area contributed by atoms with Crippen LogP contribution in [0.1, 0.15) is 0 Å². The lowest BCUT2D eigenvalue weighted by atomic mass is 10.6. The number of hydrogen-bond acceptors (Lipinski definition) is 2. The molecule has 0 bridgehead atoms. The summed E-state index contributed by atoms with van der Waals surface area (Å²) < 4.78 is 13.1. The average Bonchev–Trinajstić information content (AvgIpc) is 2.14. The van der Waals surface area contributed by atoms with Crippen molar-refractivity contribution in [1.29, 1.82) is 0 Å². The van der Waals surface area contributed by atoms with E-state index in [-0.39, 0.29) is 5.82 Å². The van der Waals surface area contributed by atoms with Gasteiger partial charge in [-0.2, -0.15) is 0 Å². The van der Waals surface area contributed by atoms with Crippen molar-refractivity contribution in [1.82, 2.24) is 0 Å². The predicted octanol–water partition coefficient (Wildman–Crippen LogP) is 2.61. The van der Waals surface area contributed by atoms with E-state index in [0.717, 1.165) is 4.21 Å². The quantitative estimate of drug-likeness (QED) is 0.552. The Labute approximate surface area is 55.7 Å². The number of halogens is 1. The minimum absolute atomic E-state index is 0.126. The highest BCUT2D eigenvalue weighted by atomic mass is 32.2. The van der Waals surface area contributed by atoms with E-state index in [4.69, 9.17) is 0 Å². The Hall–Kier alpha value is -0.0200. The first-order chi connectivity index (χ1) is 3.83. The summed E-state index contributed by atoms with van der Waals surface area (Å²) in [7, 11) is 0. The van der Waals surface area contributed by atoms with Crippen LogP contribution in [0.15, 0.2) is 15.7 Å². The van der Waals surface area contributed by atoms with Crippen LogP contribution in [0.4, 0.5) is 4.39 Å². The number of thiophene rings is 1. The van der Waals surface area contributed by atoms with Crippen molar-refractivity contribution in [2.24, 2.45) is 0 Å². The van der Waals surface area contributed by atoms with E-state index in [1.807, 2.05) is 6.26 Å². The molecule has 0 aliphatic carbocycles. The number of hydrogen-bond donors (Lipinski definition) is 0. The van der Waals surface area contributed by atoms with Crippen LogP contribution in [-0.2, 0) is 0 Å². The van der Waals surface area contributed by atoms with Gasteiger partial charge in [0.25, 0.3) is 0 Å². The molecule has 0 nitrogen and oxygen atoms in total. The fraction of sp³-hybridized carbons (Fsp3) is 0.200. The van der Waals surface area contributed by atoms with Crippen LogP contribution in [0.3, 0.4) is 0 Å². The molecule has 1 heterocycles. The lowest BCUT2D eigenvalue weighted by molar-refractivity contribution is 0.631. The second-order valence-corrected chi connectivity index (χ2v) is 3.31. The van der Waals surface area contributed by atoms with E-state index in [0.29, 0.717) is 0 Å². The van der Waals surface area contributed by atoms with E-state index >= 15 is 0 Å². The fourth-order valence-electron chi connectivity index (χ4n) is 0.402. The molecule has 0 aromatic carbocycles. The van der Waals surface area contributed by atoms with E-state index in [2.05, 4.69) is 0 Å². The minimum Gasteiger partial charge on any atom is -0.206 e. The molecule has 0 amide bonds. The molecule has 1 aromatic heterocycles. The van der Waals surface area contributed by atoms with Gasteiger partial charge in [-0.1, -0.05) is 0 Å². The molecule has 0 saturated carbocycles. The molecule has 0 spiro atoms. The molecule has 0 aliphatic rings. The Kier molecular flexibility index (Phi) is 1.91. The van der Waals surface area contributed by atoms with Crippen molar-refractivity contribution < 1.29 is 4.39 Å². The second-order valence-electron chi connectivity index (χ2n) is 1.29. The molecule has 8 heavy (non-hydrogen) atoms. The molecule has 44 valence electrons. The molecule has 0 radical (unpaired) electrons. The SMILES string of the molecule is CSc1cc(F)cs1. The van der Waals surface area contributed by atoms with Gasteiger partial charge in [0, 0.05) is 5.38 Å². The lowest BCUT2D eigenvalue weighted by Crippen LogP contribution is -1.54. The zero-order valence-corrected chi connectivity index (χ0v) is 5.98. The predicted molar refractivity (Wildman–Crippen MR) is 36.1 cm³/mol. The lowest BCUT2D eigenvalue weighted by Gasteiger charge is -1.78. The van der Waals surface area contributed by atoms with Crippen molar-refractivity contribution in [3.63, 3.8) is 0 Å². The summed E-state index contributed by atoms with van der Waals surface area (Å²) in [4.78, 5) is 0. The summed E-state index contributed by atoms with van der Waals surface area (Å²) in [5.74, 6) is -0.126. The van der Waals surface area contributed by atoms with Crippen molar-refractivity contribution in [2.45, 2.75) is 4.21 Å². The van der Waals surface area contributed by atoms with Gasteiger partial charge in [-0.25, -0.2) is 4.39 Å². The maximum Gasteiger partial charge on any atom is 0.135 e. The van der Waals surface area contributed by atoms with E-state index < -0.39 is 0 Å². The van der Waals surface area contributed by atoms with Crippen molar-refractivity contribution >= 4 is 23.1 Å². The minimum atomic E-state index is -0.126. The first-order valence-electron chi connectivity index (χ1n) is 2.11. The van der Waals surface area contributed by atoms with Crippen LogP contribution in [0.2, 0.25) is 0 Å². The highest BCUT2D eigenvalue weighted by molar-refractivity contribution is 8.00. The van der Waals surface area contributed by atoms with Gasteiger partial charge in [0.1, 0.15) is 5.82 Å². The van der Waals surface area contributed by atoms with Crippen LogP contribution in [-0.4, -0.2) is 6.26 Å².